The number of nitro groups is 1. The molecule has 2 aromatic carbocycles. The maximum absolute atomic E-state index is 14.3. The second kappa shape index (κ2) is 8.00. The first-order valence-electron chi connectivity index (χ1n) is 7.94. The largest absolute Gasteiger partial charge is 0.325 e. The number of non-ortho nitro benzene ring substituents is 1. The van der Waals surface area contributed by atoms with Crippen LogP contribution in [0.15, 0.2) is 66.1 Å². The van der Waals surface area contributed by atoms with E-state index in [1.165, 1.54) is 40.9 Å². The number of hydrogen-bond donors (Lipinski definition) is 1. The lowest BCUT2D eigenvalue weighted by Crippen LogP contribution is -2.22. The van der Waals surface area contributed by atoms with Crippen molar-refractivity contribution in [1.82, 2.24) is 9.55 Å². The summed E-state index contributed by atoms with van der Waals surface area (Å²) in [4.78, 5) is 27.1. The topological polar surface area (TPSA) is 90.1 Å². The number of halogens is 1. The summed E-state index contributed by atoms with van der Waals surface area (Å²) >= 11 is 1.26. The van der Waals surface area contributed by atoms with Crippen LogP contribution in [0.3, 0.4) is 0 Å². The molecule has 1 heterocycles. The SMILES string of the molecule is CC(Sc1ccc([N+](=O)[O-])cc1)C(=O)Nc1ccc(-n2ccnc2)c(F)c1. The monoisotopic (exact) mass is 386 g/mol. The molecular weight excluding hydrogens is 371 g/mol. The summed E-state index contributed by atoms with van der Waals surface area (Å²) in [5.74, 6) is -0.783. The van der Waals surface area contributed by atoms with E-state index >= 15 is 0 Å². The molecular formula is C18H15FN4O3S. The zero-order valence-electron chi connectivity index (χ0n) is 14.2. The number of anilines is 1. The summed E-state index contributed by atoms with van der Waals surface area (Å²) in [5, 5.41) is 12.9. The van der Waals surface area contributed by atoms with Crippen LogP contribution in [0.4, 0.5) is 15.8 Å². The number of rotatable bonds is 6. The minimum Gasteiger partial charge on any atom is -0.325 e. The van der Waals surface area contributed by atoms with E-state index in [1.807, 2.05) is 0 Å². The van der Waals surface area contributed by atoms with E-state index in [0.717, 1.165) is 4.90 Å². The van der Waals surface area contributed by atoms with Gasteiger partial charge in [0, 0.05) is 35.1 Å². The smallest absolute Gasteiger partial charge is 0.269 e. The molecule has 3 rings (SSSR count). The molecule has 7 nitrogen and oxygen atoms in total. The number of carbonyl (C=O) groups is 1. The van der Waals surface area contributed by atoms with Gasteiger partial charge in [-0.1, -0.05) is 0 Å². The number of nitro benzene ring substituents is 1. The number of benzene rings is 2. The lowest BCUT2D eigenvalue weighted by Gasteiger charge is -2.13. The second-order valence-electron chi connectivity index (χ2n) is 5.64. The van der Waals surface area contributed by atoms with Gasteiger partial charge < -0.3 is 9.88 Å². The highest BCUT2D eigenvalue weighted by atomic mass is 32.2. The molecule has 0 radical (unpaired) electrons. The minimum atomic E-state index is -0.485. The molecule has 0 saturated heterocycles. The van der Waals surface area contributed by atoms with Crippen molar-refractivity contribution in [2.45, 2.75) is 17.1 Å². The zero-order chi connectivity index (χ0) is 19.4. The highest BCUT2D eigenvalue weighted by molar-refractivity contribution is 8.00. The number of amides is 1. The number of nitrogens with one attached hydrogen (secondary N) is 1. The van der Waals surface area contributed by atoms with Gasteiger partial charge in [-0.05, 0) is 37.3 Å². The molecule has 0 bridgehead atoms. The maximum Gasteiger partial charge on any atom is 0.269 e. The predicted octanol–water partition coefficient (Wildman–Crippen LogP) is 4.04. The summed E-state index contributed by atoms with van der Waals surface area (Å²) in [5.41, 5.74) is 0.668. The van der Waals surface area contributed by atoms with Gasteiger partial charge in [-0.25, -0.2) is 9.37 Å². The molecule has 1 aromatic heterocycles. The van der Waals surface area contributed by atoms with Crippen molar-refractivity contribution < 1.29 is 14.1 Å². The third-order valence-electron chi connectivity index (χ3n) is 3.73. The van der Waals surface area contributed by atoms with Gasteiger partial charge in [-0.2, -0.15) is 0 Å². The fourth-order valence-electron chi connectivity index (χ4n) is 2.34. The predicted molar refractivity (Wildman–Crippen MR) is 101 cm³/mol. The van der Waals surface area contributed by atoms with E-state index in [4.69, 9.17) is 0 Å². The van der Waals surface area contributed by atoms with Gasteiger partial charge >= 0.3 is 0 Å². The quantitative estimate of drug-likeness (QED) is 0.392. The fourth-order valence-corrected chi connectivity index (χ4v) is 3.21. The average molecular weight is 386 g/mol. The number of hydrogen-bond acceptors (Lipinski definition) is 5. The van der Waals surface area contributed by atoms with Crippen LogP contribution in [-0.2, 0) is 4.79 Å². The molecule has 1 N–H and O–H groups in total. The van der Waals surface area contributed by atoms with Crippen molar-refractivity contribution in [2.75, 3.05) is 5.32 Å². The van der Waals surface area contributed by atoms with Crippen molar-refractivity contribution in [3.8, 4) is 5.69 Å². The Morgan fingerprint density at radius 1 is 1.30 bits per heavy atom. The van der Waals surface area contributed by atoms with Crippen molar-refractivity contribution in [1.29, 1.82) is 0 Å². The Kier molecular flexibility index (Phi) is 5.51. The minimum absolute atomic E-state index is 0.00934. The van der Waals surface area contributed by atoms with Gasteiger partial charge in [-0.15, -0.1) is 11.8 Å². The van der Waals surface area contributed by atoms with E-state index in [-0.39, 0.29) is 11.6 Å². The highest BCUT2D eigenvalue weighted by Crippen LogP contribution is 2.26. The van der Waals surface area contributed by atoms with Gasteiger partial charge in [0.2, 0.25) is 5.91 Å². The number of nitrogens with zero attached hydrogens (tertiary/aromatic N) is 3. The van der Waals surface area contributed by atoms with E-state index in [1.54, 1.807) is 43.6 Å². The fraction of sp³-hybridized carbons (Fsp3) is 0.111. The molecule has 3 aromatic rings. The van der Waals surface area contributed by atoms with Crippen LogP contribution in [0.25, 0.3) is 5.69 Å². The number of carbonyl (C=O) groups excluding carboxylic acids is 1. The van der Waals surface area contributed by atoms with Gasteiger partial charge in [-0.3, -0.25) is 14.9 Å². The van der Waals surface area contributed by atoms with Crippen LogP contribution in [0.1, 0.15) is 6.92 Å². The molecule has 27 heavy (non-hydrogen) atoms. The lowest BCUT2D eigenvalue weighted by atomic mass is 10.2. The normalized spacial score (nSPS) is 11.8. The van der Waals surface area contributed by atoms with Crippen molar-refractivity contribution in [2.24, 2.45) is 0 Å². The van der Waals surface area contributed by atoms with E-state index in [2.05, 4.69) is 10.3 Å². The van der Waals surface area contributed by atoms with Crippen molar-refractivity contribution in [3.05, 3.63) is 77.1 Å². The Balaban J connectivity index is 1.64. The van der Waals surface area contributed by atoms with Crippen LogP contribution in [-0.4, -0.2) is 25.6 Å². The average Bonchev–Trinajstić information content (AvgIpc) is 3.16. The summed E-state index contributed by atoms with van der Waals surface area (Å²) in [6.07, 6.45) is 4.66. The van der Waals surface area contributed by atoms with Gasteiger partial charge in [0.1, 0.15) is 5.82 Å². The van der Waals surface area contributed by atoms with E-state index in [9.17, 15) is 19.3 Å². The van der Waals surface area contributed by atoms with Gasteiger partial charge in [0.25, 0.3) is 5.69 Å². The first-order chi connectivity index (χ1) is 12.9. The Labute approximate surface area is 158 Å². The van der Waals surface area contributed by atoms with Crippen LogP contribution in [0.5, 0.6) is 0 Å². The zero-order valence-corrected chi connectivity index (χ0v) is 15.0. The second-order valence-corrected chi connectivity index (χ2v) is 7.05. The Morgan fingerprint density at radius 2 is 2.04 bits per heavy atom. The summed E-state index contributed by atoms with van der Waals surface area (Å²) in [6.45, 7) is 1.71. The maximum atomic E-state index is 14.3. The molecule has 1 amide bonds. The van der Waals surface area contributed by atoms with E-state index < -0.39 is 16.0 Å². The third-order valence-corrected chi connectivity index (χ3v) is 4.84. The Hall–Kier alpha value is -3.20. The molecule has 138 valence electrons. The van der Waals surface area contributed by atoms with Crippen molar-refractivity contribution >= 4 is 29.0 Å². The van der Waals surface area contributed by atoms with E-state index in [0.29, 0.717) is 11.4 Å². The molecule has 1 unspecified atom stereocenters. The first kappa shape index (κ1) is 18.6. The van der Waals surface area contributed by atoms with Crippen molar-refractivity contribution in [3.63, 3.8) is 0 Å². The first-order valence-corrected chi connectivity index (χ1v) is 8.82. The van der Waals surface area contributed by atoms with Gasteiger partial charge in [0.05, 0.1) is 22.2 Å². The van der Waals surface area contributed by atoms with Gasteiger partial charge in [0.15, 0.2) is 0 Å². The van der Waals surface area contributed by atoms with Crippen LogP contribution in [0.2, 0.25) is 0 Å². The molecule has 0 fully saturated rings. The number of imidazole rings is 1. The highest BCUT2D eigenvalue weighted by Gasteiger charge is 2.16. The molecule has 0 spiro atoms. The summed E-state index contributed by atoms with van der Waals surface area (Å²) < 4.78 is 15.8. The standard InChI is InChI=1S/C18H15FN4O3S/c1-12(27-15-5-3-14(4-6-15)23(25)26)18(24)21-13-2-7-17(16(19)10-13)22-9-8-20-11-22/h2-12H,1H3,(H,21,24). The summed E-state index contributed by atoms with van der Waals surface area (Å²) in [6, 6.07) is 10.4. The number of thioether (sulfide) groups is 1. The molecule has 1 atom stereocenters. The molecule has 0 aliphatic carbocycles. The molecule has 9 heteroatoms. The molecule has 0 saturated carbocycles. The van der Waals surface area contributed by atoms with Crippen LogP contribution >= 0.6 is 11.8 Å². The van der Waals surface area contributed by atoms with Crippen LogP contribution < -0.4 is 5.32 Å². The Bertz CT molecular complexity index is 961. The lowest BCUT2D eigenvalue weighted by molar-refractivity contribution is -0.384. The summed E-state index contributed by atoms with van der Waals surface area (Å²) in [7, 11) is 0. The Morgan fingerprint density at radius 3 is 2.63 bits per heavy atom. The molecule has 0 aliphatic rings. The van der Waals surface area contributed by atoms with Crippen LogP contribution in [0, 0.1) is 15.9 Å². The molecule has 0 aliphatic heterocycles. The third kappa shape index (κ3) is 4.50. The number of aromatic nitrogens is 2.